The van der Waals surface area contributed by atoms with Crippen molar-refractivity contribution in [1.82, 2.24) is 0 Å². The molecule has 0 N–H and O–H groups in total. The second kappa shape index (κ2) is 14.2. The van der Waals surface area contributed by atoms with Gasteiger partial charge in [0, 0.05) is 43.7 Å². The van der Waals surface area contributed by atoms with Crippen LogP contribution in [0.5, 0.6) is 0 Å². The van der Waals surface area contributed by atoms with Gasteiger partial charge in [-0.25, -0.2) is 0 Å². The minimum absolute atomic E-state index is 0.0498. The first kappa shape index (κ1) is 40.2. The molecule has 17 rings (SSSR count). The second-order valence-electron chi connectivity index (χ2n) is 21.1. The van der Waals surface area contributed by atoms with Crippen LogP contribution in [-0.2, 0) is 10.8 Å². The maximum absolute atomic E-state index is 2.66. The van der Waals surface area contributed by atoms with Crippen molar-refractivity contribution in [3.8, 4) is 44.5 Å². The van der Waals surface area contributed by atoms with E-state index in [0.717, 1.165) is 5.69 Å². The lowest BCUT2D eigenvalue weighted by Gasteiger charge is -2.44. The molecule has 2 nitrogen and oxygen atoms in total. The molecule has 1 aromatic heterocycles. The van der Waals surface area contributed by atoms with Crippen LogP contribution < -0.4 is 25.5 Å². The largest absolute Gasteiger partial charge is 0.311 e. The smallest absolute Gasteiger partial charge is 0.264 e. The SMILES string of the molecule is CC(C)c1ccc(N2c3cccc4c3B(c3cc5c(cc3N4c3ccccc3)C3(c4ccccc4-c4ccccc43)c3ccccc3-5)c3sc4c(c32)-c2ccccc2C42c3ccccc3-c3ccccc32)cc1. The zero-order chi connectivity index (χ0) is 47.9. The summed E-state index contributed by atoms with van der Waals surface area (Å²) in [4.78, 5) is 6.68. The van der Waals surface area contributed by atoms with Crippen molar-refractivity contribution in [3.63, 3.8) is 0 Å². The van der Waals surface area contributed by atoms with E-state index in [2.05, 4.69) is 266 Å². The first-order chi connectivity index (χ1) is 36.1. The average molecular weight is 945 g/mol. The molecule has 0 amide bonds. The standard InChI is InChI=1S/C69H45BN2S/c1-41(2)42-35-37-44(38-36-42)72-61-34-18-33-60-64(61)70(67-65(72)63-50-26-11-17-32-57(50)69(66(63)73-67)55-30-15-8-23-47(55)48-24-9-16-31-56(48)69)59-39-51-49-25-10-14-29-54(49)68(58(51)40-62(59)71(60)43-19-4-3-5-20-43)52-27-12-6-21-45(52)46-22-7-13-28-53(46)68/h3-41H,1-2H3. The maximum Gasteiger partial charge on any atom is 0.264 e. The summed E-state index contributed by atoms with van der Waals surface area (Å²) in [6, 6.07) is 88.5. The monoisotopic (exact) mass is 944 g/mol. The molecule has 73 heavy (non-hydrogen) atoms. The molecular formula is C69H45BN2S. The Morgan fingerprint density at radius 2 is 0.836 bits per heavy atom. The Balaban J connectivity index is 1.02. The molecule has 0 atom stereocenters. The quantitative estimate of drug-likeness (QED) is 0.163. The molecular weight excluding hydrogens is 900 g/mol. The molecule has 4 heteroatoms. The van der Waals surface area contributed by atoms with Gasteiger partial charge in [0.15, 0.2) is 0 Å². The van der Waals surface area contributed by atoms with E-state index in [1.807, 2.05) is 0 Å². The van der Waals surface area contributed by atoms with Crippen molar-refractivity contribution < 1.29 is 0 Å². The number of rotatable bonds is 3. The van der Waals surface area contributed by atoms with Gasteiger partial charge in [-0.05, 0) is 143 Å². The molecule has 6 aliphatic rings. The molecule has 10 aromatic carbocycles. The minimum Gasteiger partial charge on any atom is -0.311 e. The Hall–Kier alpha value is -8.44. The summed E-state index contributed by atoms with van der Waals surface area (Å²) < 4.78 is 1.40. The van der Waals surface area contributed by atoms with Gasteiger partial charge in [-0.1, -0.05) is 202 Å². The number of hydrogen-bond acceptors (Lipinski definition) is 3. The van der Waals surface area contributed by atoms with Crippen LogP contribution in [0.2, 0.25) is 0 Å². The lowest BCUT2D eigenvalue weighted by molar-refractivity contribution is 0.794. The van der Waals surface area contributed by atoms with E-state index in [1.165, 1.54) is 138 Å². The number of anilines is 6. The number of nitrogens with zero attached hydrogens (tertiary/aromatic N) is 2. The van der Waals surface area contributed by atoms with Crippen LogP contribution >= 0.6 is 11.3 Å². The van der Waals surface area contributed by atoms with Crippen molar-refractivity contribution >= 4 is 67.9 Å². The third-order valence-electron chi connectivity index (χ3n) is 17.6. The zero-order valence-corrected chi connectivity index (χ0v) is 41.2. The highest BCUT2D eigenvalue weighted by Gasteiger charge is 2.58. The lowest BCUT2D eigenvalue weighted by atomic mass is 9.36. The van der Waals surface area contributed by atoms with Crippen LogP contribution in [0.1, 0.15) is 69.2 Å². The van der Waals surface area contributed by atoms with Gasteiger partial charge in [0.05, 0.1) is 16.5 Å². The summed E-state index contributed by atoms with van der Waals surface area (Å²) >= 11 is 2.07. The van der Waals surface area contributed by atoms with Crippen LogP contribution in [0.15, 0.2) is 231 Å². The highest BCUT2D eigenvalue weighted by atomic mass is 32.1. The van der Waals surface area contributed by atoms with E-state index in [4.69, 9.17) is 0 Å². The molecule has 0 radical (unpaired) electrons. The molecule has 2 aliphatic heterocycles. The molecule has 3 heterocycles. The molecule has 0 saturated heterocycles. The minimum atomic E-state index is -0.473. The van der Waals surface area contributed by atoms with Gasteiger partial charge in [-0.2, -0.15) is 0 Å². The third-order valence-corrected chi connectivity index (χ3v) is 19.0. The molecule has 0 fully saturated rings. The zero-order valence-electron chi connectivity index (χ0n) is 40.4. The predicted octanol–water partition coefficient (Wildman–Crippen LogP) is 15.6. The molecule has 0 bridgehead atoms. The topological polar surface area (TPSA) is 6.48 Å². The summed E-state index contributed by atoms with van der Waals surface area (Å²) in [6.07, 6.45) is 0. The fourth-order valence-electron chi connectivity index (χ4n) is 14.9. The summed E-state index contributed by atoms with van der Waals surface area (Å²) in [5, 5.41) is 0. The van der Waals surface area contributed by atoms with E-state index < -0.39 is 10.8 Å². The van der Waals surface area contributed by atoms with Crippen LogP contribution in [0.4, 0.5) is 34.1 Å². The van der Waals surface area contributed by atoms with Gasteiger partial charge in [0.2, 0.25) is 0 Å². The van der Waals surface area contributed by atoms with Gasteiger partial charge in [-0.3, -0.25) is 0 Å². The van der Waals surface area contributed by atoms with Crippen molar-refractivity contribution in [1.29, 1.82) is 0 Å². The Morgan fingerprint density at radius 3 is 1.38 bits per heavy atom. The third kappa shape index (κ3) is 4.74. The lowest BCUT2D eigenvalue weighted by Crippen LogP contribution is -2.60. The second-order valence-corrected chi connectivity index (χ2v) is 22.2. The molecule has 0 saturated carbocycles. The molecule has 0 unspecified atom stereocenters. The van der Waals surface area contributed by atoms with Crippen molar-refractivity contribution in [2.45, 2.75) is 30.6 Å². The highest BCUT2D eigenvalue weighted by molar-refractivity contribution is 7.30. The van der Waals surface area contributed by atoms with Gasteiger partial charge >= 0.3 is 0 Å². The van der Waals surface area contributed by atoms with Gasteiger partial charge in [0.1, 0.15) is 0 Å². The van der Waals surface area contributed by atoms with Crippen LogP contribution in [-0.4, -0.2) is 6.71 Å². The van der Waals surface area contributed by atoms with Crippen LogP contribution in [0, 0.1) is 0 Å². The van der Waals surface area contributed by atoms with E-state index in [1.54, 1.807) is 0 Å². The van der Waals surface area contributed by atoms with E-state index in [0.29, 0.717) is 5.92 Å². The first-order valence-electron chi connectivity index (χ1n) is 25.9. The fraction of sp³-hybridized carbons (Fsp3) is 0.0725. The van der Waals surface area contributed by atoms with Crippen LogP contribution in [0.3, 0.4) is 0 Å². The van der Waals surface area contributed by atoms with Gasteiger partial charge in [-0.15, -0.1) is 11.3 Å². The Morgan fingerprint density at radius 1 is 0.384 bits per heavy atom. The maximum atomic E-state index is 2.66. The highest BCUT2D eigenvalue weighted by Crippen LogP contribution is 2.68. The number of para-hydroxylation sites is 1. The predicted molar refractivity (Wildman–Crippen MR) is 305 cm³/mol. The summed E-state index contributed by atoms with van der Waals surface area (Å²) in [7, 11) is 0. The molecule has 2 spiro atoms. The Labute approximate surface area is 430 Å². The van der Waals surface area contributed by atoms with Gasteiger partial charge in [0.25, 0.3) is 6.71 Å². The number of hydrogen-bond donors (Lipinski definition) is 0. The number of benzene rings is 10. The normalized spacial score (nSPS) is 15.2. The molecule has 4 aliphatic carbocycles. The Kier molecular flexibility index (Phi) is 7.80. The van der Waals surface area contributed by atoms with Crippen molar-refractivity contribution in [3.05, 3.63) is 280 Å². The van der Waals surface area contributed by atoms with Crippen LogP contribution in [0.25, 0.3) is 44.5 Å². The van der Waals surface area contributed by atoms with E-state index in [9.17, 15) is 0 Å². The first-order valence-corrected chi connectivity index (χ1v) is 26.7. The molecule has 340 valence electrons. The fourth-order valence-corrected chi connectivity index (χ4v) is 16.6. The Bertz CT molecular complexity index is 4130. The van der Waals surface area contributed by atoms with Gasteiger partial charge < -0.3 is 9.80 Å². The number of thiophene rings is 1. The summed E-state index contributed by atoms with van der Waals surface area (Å²) in [5.41, 5.74) is 30.7. The summed E-state index contributed by atoms with van der Waals surface area (Å²) in [6.45, 7) is 4.54. The van der Waals surface area contributed by atoms with Crippen molar-refractivity contribution in [2.75, 3.05) is 9.80 Å². The number of fused-ring (bicyclic) bond motifs is 25. The molecule has 11 aromatic rings. The summed E-state index contributed by atoms with van der Waals surface area (Å²) in [5.74, 6) is 0.424. The van der Waals surface area contributed by atoms with E-state index >= 15 is 0 Å². The van der Waals surface area contributed by atoms with Crippen molar-refractivity contribution in [2.24, 2.45) is 0 Å². The average Bonchev–Trinajstić information content (AvgIpc) is 4.22. The van der Waals surface area contributed by atoms with E-state index in [-0.39, 0.29) is 6.71 Å².